The molecule has 0 radical (unpaired) electrons. The number of aromatic nitrogens is 4. The van der Waals surface area contributed by atoms with E-state index >= 15 is 0 Å². The number of aryl methyl sites for hydroxylation is 1. The quantitative estimate of drug-likeness (QED) is 0.664. The van der Waals surface area contributed by atoms with Crippen molar-refractivity contribution in [3.63, 3.8) is 0 Å². The maximum atomic E-state index is 12.6. The number of hydrogen-bond acceptors (Lipinski definition) is 5. The third-order valence-corrected chi connectivity index (χ3v) is 5.20. The number of aromatic amines is 1. The molecule has 3 aromatic rings. The minimum absolute atomic E-state index is 0.0317. The highest BCUT2D eigenvalue weighted by Crippen LogP contribution is 2.27. The SMILES string of the molecule is COc1ccc(OCCc2cc([C@H]3CCN(C(=O)c4cnn(C)c4)C3)n[nH]2)cc1. The standard InChI is InChI=1S/C21H25N5O3/c1-25-13-16(12-22-25)21(27)26-9-7-15(14-26)20-11-17(23-24-20)8-10-29-19-5-3-18(28-2)4-6-19/h3-6,11-13,15H,7-10,14H2,1-2H3,(H,23,24)/t15-/m0/s1. The summed E-state index contributed by atoms with van der Waals surface area (Å²) in [4.78, 5) is 14.5. The summed E-state index contributed by atoms with van der Waals surface area (Å²) in [6.07, 6.45) is 5.03. The van der Waals surface area contributed by atoms with E-state index in [1.807, 2.05) is 36.2 Å². The van der Waals surface area contributed by atoms with Crippen molar-refractivity contribution in [3.05, 3.63) is 59.7 Å². The van der Waals surface area contributed by atoms with Crippen LogP contribution in [0.1, 0.15) is 34.1 Å². The Morgan fingerprint density at radius 3 is 2.79 bits per heavy atom. The Bertz CT molecular complexity index is 963. The number of likely N-dealkylation sites (tertiary alicyclic amines) is 1. The molecule has 1 aromatic carbocycles. The zero-order chi connectivity index (χ0) is 20.2. The van der Waals surface area contributed by atoms with Crippen molar-refractivity contribution in [1.82, 2.24) is 24.9 Å². The van der Waals surface area contributed by atoms with E-state index in [1.165, 1.54) is 0 Å². The minimum Gasteiger partial charge on any atom is -0.497 e. The van der Waals surface area contributed by atoms with E-state index < -0.39 is 0 Å². The molecular weight excluding hydrogens is 370 g/mol. The first kappa shape index (κ1) is 19.0. The van der Waals surface area contributed by atoms with Crippen molar-refractivity contribution in [2.75, 3.05) is 26.8 Å². The third kappa shape index (κ3) is 4.42. The molecule has 0 spiro atoms. The molecule has 4 rings (SSSR count). The Morgan fingerprint density at radius 1 is 1.28 bits per heavy atom. The molecule has 1 aliphatic rings. The molecule has 1 amide bonds. The number of ether oxygens (including phenoxy) is 2. The molecule has 0 unspecified atom stereocenters. The lowest BCUT2D eigenvalue weighted by Crippen LogP contribution is -2.28. The predicted octanol–water partition coefficient (Wildman–Crippen LogP) is 2.40. The van der Waals surface area contributed by atoms with Gasteiger partial charge in [0.2, 0.25) is 0 Å². The van der Waals surface area contributed by atoms with Crippen LogP contribution in [0.5, 0.6) is 11.5 Å². The summed E-state index contributed by atoms with van der Waals surface area (Å²) in [5.41, 5.74) is 2.67. The van der Waals surface area contributed by atoms with Gasteiger partial charge in [-0.2, -0.15) is 10.2 Å². The van der Waals surface area contributed by atoms with Crippen LogP contribution in [-0.2, 0) is 13.5 Å². The largest absolute Gasteiger partial charge is 0.497 e. The number of nitrogens with one attached hydrogen (secondary N) is 1. The van der Waals surface area contributed by atoms with Gasteiger partial charge < -0.3 is 14.4 Å². The van der Waals surface area contributed by atoms with Gasteiger partial charge in [-0.1, -0.05) is 0 Å². The summed E-state index contributed by atoms with van der Waals surface area (Å²) in [5, 5.41) is 11.6. The number of H-pyrrole nitrogens is 1. The Hall–Kier alpha value is -3.29. The van der Waals surface area contributed by atoms with Gasteiger partial charge >= 0.3 is 0 Å². The van der Waals surface area contributed by atoms with Gasteiger partial charge in [-0.25, -0.2) is 0 Å². The molecule has 1 N–H and O–H groups in total. The molecule has 1 atom stereocenters. The van der Waals surface area contributed by atoms with Crippen molar-refractivity contribution in [2.24, 2.45) is 7.05 Å². The lowest BCUT2D eigenvalue weighted by Gasteiger charge is -2.14. The van der Waals surface area contributed by atoms with E-state index in [0.29, 0.717) is 18.7 Å². The average molecular weight is 395 g/mol. The first-order valence-electron chi connectivity index (χ1n) is 9.71. The summed E-state index contributed by atoms with van der Waals surface area (Å²) >= 11 is 0. The first-order chi connectivity index (χ1) is 14.1. The van der Waals surface area contributed by atoms with Gasteiger partial charge in [0.05, 0.1) is 31.2 Å². The van der Waals surface area contributed by atoms with Crippen LogP contribution >= 0.6 is 0 Å². The summed E-state index contributed by atoms with van der Waals surface area (Å²) in [7, 11) is 3.46. The average Bonchev–Trinajstić information content (AvgIpc) is 3.48. The van der Waals surface area contributed by atoms with Crippen molar-refractivity contribution in [1.29, 1.82) is 0 Å². The highest BCUT2D eigenvalue weighted by atomic mass is 16.5. The smallest absolute Gasteiger partial charge is 0.257 e. The zero-order valence-corrected chi connectivity index (χ0v) is 16.7. The molecular formula is C21H25N5O3. The van der Waals surface area contributed by atoms with E-state index in [1.54, 1.807) is 24.2 Å². The Kier molecular flexibility index (Phi) is 5.50. The van der Waals surface area contributed by atoms with E-state index in [4.69, 9.17) is 9.47 Å². The maximum absolute atomic E-state index is 12.6. The second-order valence-electron chi connectivity index (χ2n) is 7.23. The molecule has 3 heterocycles. The minimum atomic E-state index is 0.0317. The van der Waals surface area contributed by atoms with Crippen LogP contribution in [0.4, 0.5) is 0 Å². The fourth-order valence-electron chi connectivity index (χ4n) is 3.57. The topological polar surface area (TPSA) is 85.3 Å². The van der Waals surface area contributed by atoms with Crippen LogP contribution in [0.2, 0.25) is 0 Å². The Morgan fingerprint density at radius 2 is 2.07 bits per heavy atom. The zero-order valence-electron chi connectivity index (χ0n) is 16.7. The van der Waals surface area contributed by atoms with Crippen molar-refractivity contribution < 1.29 is 14.3 Å². The van der Waals surface area contributed by atoms with Crippen LogP contribution in [0.3, 0.4) is 0 Å². The summed E-state index contributed by atoms with van der Waals surface area (Å²) in [6.45, 7) is 1.98. The van der Waals surface area contributed by atoms with Gasteiger partial charge in [0.1, 0.15) is 11.5 Å². The number of rotatable bonds is 7. The van der Waals surface area contributed by atoms with E-state index in [0.717, 1.165) is 42.3 Å². The van der Waals surface area contributed by atoms with Crippen LogP contribution in [-0.4, -0.2) is 57.6 Å². The fraction of sp³-hybridized carbons (Fsp3) is 0.381. The number of benzene rings is 1. The molecule has 1 aliphatic heterocycles. The third-order valence-electron chi connectivity index (χ3n) is 5.20. The van der Waals surface area contributed by atoms with Gasteiger partial charge in [-0.3, -0.25) is 14.6 Å². The van der Waals surface area contributed by atoms with Crippen LogP contribution in [0.25, 0.3) is 0 Å². The van der Waals surface area contributed by atoms with Crippen LogP contribution in [0.15, 0.2) is 42.7 Å². The Balaban J connectivity index is 1.28. The molecule has 152 valence electrons. The van der Waals surface area contributed by atoms with Gasteiger partial charge in [0.25, 0.3) is 5.91 Å². The molecule has 1 fully saturated rings. The van der Waals surface area contributed by atoms with E-state index in [2.05, 4.69) is 21.4 Å². The molecule has 0 bridgehead atoms. The molecule has 29 heavy (non-hydrogen) atoms. The number of carbonyl (C=O) groups is 1. The van der Waals surface area contributed by atoms with E-state index in [9.17, 15) is 4.79 Å². The number of methoxy groups -OCH3 is 1. The van der Waals surface area contributed by atoms with E-state index in [-0.39, 0.29) is 11.8 Å². The van der Waals surface area contributed by atoms with Gasteiger partial charge in [0.15, 0.2) is 0 Å². The van der Waals surface area contributed by atoms with Gasteiger partial charge in [-0.05, 0) is 36.8 Å². The highest BCUT2D eigenvalue weighted by Gasteiger charge is 2.29. The van der Waals surface area contributed by atoms with Crippen LogP contribution in [0, 0.1) is 0 Å². The number of carbonyl (C=O) groups excluding carboxylic acids is 1. The molecule has 8 nitrogen and oxygen atoms in total. The normalized spacial score (nSPS) is 16.2. The number of nitrogens with zero attached hydrogens (tertiary/aromatic N) is 4. The number of amides is 1. The van der Waals surface area contributed by atoms with Gasteiger partial charge in [-0.15, -0.1) is 0 Å². The van der Waals surface area contributed by atoms with Gasteiger partial charge in [0, 0.05) is 44.4 Å². The first-order valence-corrected chi connectivity index (χ1v) is 9.71. The monoisotopic (exact) mass is 395 g/mol. The van der Waals surface area contributed by atoms with Crippen molar-refractivity contribution in [2.45, 2.75) is 18.8 Å². The van der Waals surface area contributed by atoms with Crippen LogP contribution < -0.4 is 9.47 Å². The summed E-state index contributed by atoms with van der Waals surface area (Å²) < 4.78 is 12.6. The Labute approximate surface area is 169 Å². The van der Waals surface area contributed by atoms with Crippen molar-refractivity contribution >= 4 is 5.91 Å². The lowest BCUT2D eigenvalue weighted by molar-refractivity contribution is 0.0790. The molecule has 0 saturated carbocycles. The highest BCUT2D eigenvalue weighted by molar-refractivity contribution is 5.94. The predicted molar refractivity (Wildman–Crippen MR) is 107 cm³/mol. The molecule has 0 aliphatic carbocycles. The molecule has 1 saturated heterocycles. The molecule has 2 aromatic heterocycles. The second kappa shape index (κ2) is 8.38. The number of hydrogen-bond donors (Lipinski definition) is 1. The summed E-state index contributed by atoms with van der Waals surface area (Å²) in [6, 6.07) is 9.62. The second-order valence-corrected chi connectivity index (χ2v) is 7.23. The summed E-state index contributed by atoms with van der Waals surface area (Å²) in [5.74, 6) is 1.90. The van der Waals surface area contributed by atoms with Crippen molar-refractivity contribution in [3.8, 4) is 11.5 Å². The molecule has 8 heteroatoms. The lowest BCUT2D eigenvalue weighted by atomic mass is 10.0. The maximum Gasteiger partial charge on any atom is 0.257 e. The fourth-order valence-corrected chi connectivity index (χ4v) is 3.57.